The van der Waals surface area contributed by atoms with Crippen LogP contribution < -0.4 is 0 Å². The number of benzene rings is 1. The van der Waals surface area contributed by atoms with Gasteiger partial charge in [-0.05, 0) is 30.1 Å². The highest BCUT2D eigenvalue weighted by Gasteiger charge is 2.03. The summed E-state index contributed by atoms with van der Waals surface area (Å²) >= 11 is 0. The highest BCUT2D eigenvalue weighted by atomic mass is 16.5. The minimum absolute atomic E-state index is 0.334. The zero-order valence-electron chi connectivity index (χ0n) is 11.1. The Bertz CT molecular complexity index is 430. The summed E-state index contributed by atoms with van der Waals surface area (Å²) in [5.74, 6) is 0.0663. The molecule has 0 radical (unpaired) electrons. The number of unbranched alkanes of at least 4 members (excludes halogenated alkanes) is 1. The second-order valence-electron chi connectivity index (χ2n) is 4.20. The molecule has 2 nitrogen and oxygen atoms in total. The maximum absolute atomic E-state index is 10.9. The lowest BCUT2D eigenvalue weighted by Gasteiger charge is -2.08. The molecule has 0 saturated carbocycles. The summed E-state index contributed by atoms with van der Waals surface area (Å²) in [6.45, 7) is 7.29. The lowest BCUT2D eigenvalue weighted by atomic mass is 10.00. The molecular weight excluding hydrogens is 224 g/mol. The molecule has 1 rings (SSSR count). The van der Waals surface area contributed by atoms with Gasteiger partial charge in [0.2, 0.25) is 0 Å². The Labute approximate surface area is 109 Å². The van der Waals surface area contributed by atoms with Crippen LogP contribution in [-0.4, -0.2) is 5.97 Å². The van der Waals surface area contributed by atoms with Crippen LogP contribution in [0.4, 0.5) is 0 Å². The molecule has 0 aromatic heterocycles. The fraction of sp³-hybridized carbons (Fsp3) is 0.312. The first-order valence-corrected chi connectivity index (χ1v) is 6.26. The van der Waals surface area contributed by atoms with E-state index in [2.05, 4.69) is 25.6 Å². The van der Waals surface area contributed by atoms with Crippen LogP contribution in [0, 0.1) is 0 Å². The van der Waals surface area contributed by atoms with E-state index in [1.54, 1.807) is 0 Å². The third-order valence-electron chi connectivity index (χ3n) is 2.55. The normalized spacial score (nSPS) is 11.1. The van der Waals surface area contributed by atoms with E-state index < -0.39 is 0 Å². The van der Waals surface area contributed by atoms with Crippen LogP contribution >= 0.6 is 0 Å². The van der Waals surface area contributed by atoms with Gasteiger partial charge in [0.1, 0.15) is 5.76 Å². The summed E-state index contributed by atoms with van der Waals surface area (Å²) in [7, 11) is 0. The minimum atomic E-state index is -0.334. The number of carbonyl (C=O) groups excluding carboxylic acids is 1. The Morgan fingerprint density at radius 3 is 2.56 bits per heavy atom. The van der Waals surface area contributed by atoms with E-state index in [1.165, 1.54) is 6.92 Å². The van der Waals surface area contributed by atoms with E-state index in [-0.39, 0.29) is 5.97 Å². The molecule has 18 heavy (non-hydrogen) atoms. The van der Waals surface area contributed by atoms with Crippen LogP contribution in [0.15, 0.2) is 48.7 Å². The van der Waals surface area contributed by atoms with Crippen LogP contribution in [0.1, 0.15) is 38.7 Å². The van der Waals surface area contributed by atoms with E-state index in [1.807, 2.05) is 24.3 Å². The molecule has 0 atom stereocenters. The summed E-state index contributed by atoms with van der Waals surface area (Å²) in [5.41, 5.74) is 2.31. The number of rotatable bonds is 6. The average molecular weight is 244 g/mol. The first-order chi connectivity index (χ1) is 8.63. The summed E-state index contributed by atoms with van der Waals surface area (Å²) < 4.78 is 4.97. The molecule has 0 aliphatic carbocycles. The molecule has 0 amide bonds. The zero-order valence-corrected chi connectivity index (χ0v) is 11.1. The second kappa shape index (κ2) is 7.49. The lowest BCUT2D eigenvalue weighted by molar-refractivity contribution is -0.136. The highest BCUT2D eigenvalue weighted by Crippen LogP contribution is 2.22. The summed E-state index contributed by atoms with van der Waals surface area (Å²) in [4.78, 5) is 10.9. The molecule has 0 unspecified atom stereocenters. The van der Waals surface area contributed by atoms with Gasteiger partial charge < -0.3 is 4.74 Å². The molecule has 1 aromatic carbocycles. The molecule has 0 bridgehead atoms. The smallest absolute Gasteiger partial charge is 0.308 e. The molecule has 96 valence electrons. The van der Waals surface area contributed by atoms with Crippen LogP contribution in [0.2, 0.25) is 0 Å². The predicted molar refractivity (Wildman–Crippen MR) is 74.9 cm³/mol. The summed E-state index contributed by atoms with van der Waals surface area (Å²) in [5, 5.41) is 0. The Morgan fingerprint density at radius 1 is 1.33 bits per heavy atom. The van der Waals surface area contributed by atoms with Gasteiger partial charge in [0.15, 0.2) is 0 Å². The van der Waals surface area contributed by atoms with Crippen molar-refractivity contribution >= 4 is 11.5 Å². The molecule has 0 spiro atoms. The number of allylic oxidation sites excluding steroid dienone is 2. The molecule has 0 N–H and O–H groups in total. The summed E-state index contributed by atoms with van der Waals surface area (Å²) in [6, 6.07) is 10.1. The van der Waals surface area contributed by atoms with Crippen molar-refractivity contribution in [2.45, 2.75) is 33.1 Å². The Morgan fingerprint density at radius 2 is 2.00 bits per heavy atom. The van der Waals surface area contributed by atoms with Crippen molar-refractivity contribution in [2.24, 2.45) is 0 Å². The van der Waals surface area contributed by atoms with Gasteiger partial charge >= 0.3 is 5.97 Å². The first kappa shape index (κ1) is 14.2. The van der Waals surface area contributed by atoms with Gasteiger partial charge in [0.05, 0.1) is 0 Å². The standard InChI is InChI=1S/C16H20O2/c1-4-5-9-16(12-13(2)18-14(3)17)15-10-7-6-8-11-15/h6-8,10-12H,2,4-5,9H2,1,3H3/b16-12-. The van der Waals surface area contributed by atoms with Gasteiger partial charge in [0, 0.05) is 6.92 Å². The van der Waals surface area contributed by atoms with Gasteiger partial charge in [0.25, 0.3) is 0 Å². The Balaban J connectivity index is 2.87. The van der Waals surface area contributed by atoms with Crippen molar-refractivity contribution in [1.82, 2.24) is 0 Å². The zero-order chi connectivity index (χ0) is 13.4. The average Bonchev–Trinajstić information content (AvgIpc) is 2.34. The van der Waals surface area contributed by atoms with Crippen LogP contribution in [0.25, 0.3) is 5.57 Å². The highest BCUT2D eigenvalue weighted by molar-refractivity contribution is 5.71. The SMILES string of the molecule is C=C(/C=C(/CCCC)c1ccccc1)OC(C)=O. The number of hydrogen-bond acceptors (Lipinski definition) is 2. The van der Waals surface area contributed by atoms with E-state index in [0.717, 1.165) is 30.4 Å². The van der Waals surface area contributed by atoms with Crippen LogP contribution in [0.3, 0.4) is 0 Å². The molecule has 2 heteroatoms. The molecule has 0 fully saturated rings. The molecule has 0 aliphatic heterocycles. The van der Waals surface area contributed by atoms with Gasteiger partial charge in [-0.3, -0.25) is 4.79 Å². The number of ether oxygens (including phenoxy) is 1. The quantitative estimate of drug-likeness (QED) is 0.423. The third-order valence-corrected chi connectivity index (χ3v) is 2.55. The second-order valence-corrected chi connectivity index (χ2v) is 4.20. The topological polar surface area (TPSA) is 26.3 Å². The first-order valence-electron chi connectivity index (χ1n) is 6.26. The Kier molecular flexibility index (Phi) is 5.92. The molecule has 0 aliphatic rings. The monoisotopic (exact) mass is 244 g/mol. The number of hydrogen-bond donors (Lipinski definition) is 0. The van der Waals surface area contributed by atoms with Crippen LogP contribution in [0.5, 0.6) is 0 Å². The summed E-state index contributed by atoms with van der Waals surface area (Å²) in [6.07, 6.45) is 5.05. The van der Waals surface area contributed by atoms with Gasteiger partial charge in [-0.25, -0.2) is 0 Å². The van der Waals surface area contributed by atoms with E-state index in [9.17, 15) is 4.79 Å². The Hall–Kier alpha value is -1.83. The molecular formula is C16H20O2. The van der Waals surface area contributed by atoms with Crippen molar-refractivity contribution in [3.63, 3.8) is 0 Å². The number of carbonyl (C=O) groups is 1. The minimum Gasteiger partial charge on any atom is -0.427 e. The molecule has 1 aromatic rings. The van der Waals surface area contributed by atoms with E-state index in [4.69, 9.17) is 4.74 Å². The predicted octanol–water partition coefficient (Wildman–Crippen LogP) is 4.34. The molecule has 0 saturated heterocycles. The van der Waals surface area contributed by atoms with Crippen molar-refractivity contribution in [1.29, 1.82) is 0 Å². The fourth-order valence-corrected chi connectivity index (χ4v) is 1.73. The fourth-order valence-electron chi connectivity index (χ4n) is 1.73. The van der Waals surface area contributed by atoms with Crippen molar-refractivity contribution in [3.8, 4) is 0 Å². The van der Waals surface area contributed by atoms with Crippen molar-refractivity contribution in [3.05, 3.63) is 54.3 Å². The maximum Gasteiger partial charge on any atom is 0.308 e. The van der Waals surface area contributed by atoms with Crippen molar-refractivity contribution < 1.29 is 9.53 Å². The largest absolute Gasteiger partial charge is 0.427 e. The van der Waals surface area contributed by atoms with E-state index in [0.29, 0.717) is 5.76 Å². The van der Waals surface area contributed by atoms with Crippen molar-refractivity contribution in [2.75, 3.05) is 0 Å². The van der Waals surface area contributed by atoms with Crippen LogP contribution in [-0.2, 0) is 9.53 Å². The third kappa shape index (κ3) is 5.00. The molecule has 0 heterocycles. The van der Waals surface area contributed by atoms with Gasteiger partial charge in [-0.1, -0.05) is 50.3 Å². The van der Waals surface area contributed by atoms with Gasteiger partial charge in [-0.2, -0.15) is 0 Å². The maximum atomic E-state index is 10.9. The van der Waals surface area contributed by atoms with Gasteiger partial charge in [-0.15, -0.1) is 0 Å². The lowest BCUT2D eigenvalue weighted by Crippen LogP contribution is -1.96. The van der Waals surface area contributed by atoms with E-state index >= 15 is 0 Å². The number of esters is 1.